The number of aliphatic hydroxyl groups is 2. The minimum atomic E-state index is -1.73. The second-order valence-corrected chi connectivity index (χ2v) is 3.63. The van der Waals surface area contributed by atoms with Gasteiger partial charge in [-0.2, -0.15) is 0 Å². The van der Waals surface area contributed by atoms with Gasteiger partial charge in [0.25, 0.3) is 0 Å². The molecule has 0 amide bonds. The van der Waals surface area contributed by atoms with E-state index in [0.717, 1.165) is 4.90 Å². The van der Waals surface area contributed by atoms with Crippen LogP contribution in [0.5, 0.6) is 0 Å². The highest BCUT2D eigenvalue weighted by Crippen LogP contribution is 2.20. The molecule has 0 bridgehead atoms. The minimum Gasteiger partial charge on any atom is -0.362 e. The number of rotatable bonds is 2. The number of benzene rings is 1. The van der Waals surface area contributed by atoms with E-state index in [-0.39, 0.29) is 0 Å². The van der Waals surface area contributed by atoms with E-state index in [9.17, 15) is 10.2 Å². The standard InChI is InChI=1S/C9H12O2S/c1-9(10,11)7-3-5-8(12-2)6-4-7/h3-6,10-11H,1-2H3. The summed E-state index contributed by atoms with van der Waals surface area (Å²) in [4.78, 5) is 1.11. The first-order chi connectivity index (χ1) is 5.54. The molecule has 0 aliphatic rings. The Morgan fingerprint density at radius 2 is 1.67 bits per heavy atom. The third-order valence-electron chi connectivity index (χ3n) is 1.64. The van der Waals surface area contributed by atoms with Crippen LogP contribution in [-0.2, 0) is 5.79 Å². The molecular formula is C9H12O2S. The van der Waals surface area contributed by atoms with Crippen molar-refractivity contribution >= 4 is 11.8 Å². The zero-order chi connectivity index (χ0) is 9.19. The minimum absolute atomic E-state index is 0.514. The summed E-state index contributed by atoms with van der Waals surface area (Å²) >= 11 is 1.62. The van der Waals surface area contributed by atoms with Gasteiger partial charge in [0.05, 0.1) is 0 Å². The normalized spacial score (nSPS) is 11.7. The van der Waals surface area contributed by atoms with Crippen molar-refractivity contribution in [3.05, 3.63) is 29.8 Å². The van der Waals surface area contributed by atoms with Gasteiger partial charge in [-0.1, -0.05) is 12.1 Å². The molecule has 0 atom stereocenters. The highest BCUT2D eigenvalue weighted by Gasteiger charge is 2.17. The van der Waals surface area contributed by atoms with Crippen LogP contribution < -0.4 is 0 Å². The van der Waals surface area contributed by atoms with Crippen LogP contribution in [0.4, 0.5) is 0 Å². The Morgan fingerprint density at radius 3 is 2.00 bits per heavy atom. The van der Waals surface area contributed by atoms with Crippen LogP contribution in [0.25, 0.3) is 0 Å². The smallest absolute Gasteiger partial charge is 0.186 e. The molecular weight excluding hydrogens is 172 g/mol. The van der Waals surface area contributed by atoms with Crippen molar-refractivity contribution in [2.75, 3.05) is 6.26 Å². The van der Waals surface area contributed by atoms with Crippen LogP contribution in [-0.4, -0.2) is 16.5 Å². The first-order valence-electron chi connectivity index (χ1n) is 3.63. The fourth-order valence-corrected chi connectivity index (χ4v) is 1.32. The average molecular weight is 184 g/mol. The van der Waals surface area contributed by atoms with E-state index in [0.29, 0.717) is 5.56 Å². The van der Waals surface area contributed by atoms with Crippen LogP contribution in [0, 0.1) is 0 Å². The molecule has 0 aromatic heterocycles. The quantitative estimate of drug-likeness (QED) is 0.541. The molecule has 0 aliphatic carbocycles. The lowest BCUT2D eigenvalue weighted by Crippen LogP contribution is -2.19. The van der Waals surface area contributed by atoms with Crippen LogP contribution in [0.3, 0.4) is 0 Å². The molecule has 12 heavy (non-hydrogen) atoms. The molecule has 2 nitrogen and oxygen atoms in total. The number of hydrogen-bond acceptors (Lipinski definition) is 3. The van der Waals surface area contributed by atoms with Crippen LogP contribution in [0.2, 0.25) is 0 Å². The fourth-order valence-electron chi connectivity index (χ4n) is 0.907. The van der Waals surface area contributed by atoms with Crippen molar-refractivity contribution in [1.82, 2.24) is 0 Å². The Morgan fingerprint density at radius 1 is 1.17 bits per heavy atom. The van der Waals surface area contributed by atoms with Crippen molar-refractivity contribution in [3.8, 4) is 0 Å². The molecule has 0 aliphatic heterocycles. The third-order valence-corrected chi connectivity index (χ3v) is 2.38. The molecule has 66 valence electrons. The Bertz CT molecular complexity index is 248. The van der Waals surface area contributed by atoms with E-state index in [4.69, 9.17) is 0 Å². The largest absolute Gasteiger partial charge is 0.362 e. The summed E-state index contributed by atoms with van der Waals surface area (Å²) in [5.41, 5.74) is 0.514. The highest BCUT2D eigenvalue weighted by atomic mass is 32.2. The van der Waals surface area contributed by atoms with Crippen molar-refractivity contribution in [2.24, 2.45) is 0 Å². The lowest BCUT2D eigenvalue weighted by molar-refractivity contribution is -0.152. The number of hydrogen-bond donors (Lipinski definition) is 2. The maximum absolute atomic E-state index is 9.20. The van der Waals surface area contributed by atoms with E-state index in [1.54, 1.807) is 23.9 Å². The SMILES string of the molecule is CSc1ccc(C(C)(O)O)cc1. The summed E-state index contributed by atoms with van der Waals surface area (Å²) in [5.74, 6) is -1.73. The van der Waals surface area contributed by atoms with E-state index in [1.807, 2.05) is 18.4 Å². The van der Waals surface area contributed by atoms with E-state index >= 15 is 0 Å². The van der Waals surface area contributed by atoms with E-state index in [1.165, 1.54) is 6.92 Å². The predicted octanol–water partition coefficient (Wildman–Crippen LogP) is 1.57. The van der Waals surface area contributed by atoms with Crippen molar-refractivity contribution < 1.29 is 10.2 Å². The monoisotopic (exact) mass is 184 g/mol. The summed E-state index contributed by atoms with van der Waals surface area (Å²) < 4.78 is 0. The van der Waals surface area contributed by atoms with Crippen LogP contribution in [0.1, 0.15) is 12.5 Å². The molecule has 0 fully saturated rings. The molecule has 3 heteroatoms. The Hall–Kier alpha value is -0.510. The second-order valence-electron chi connectivity index (χ2n) is 2.75. The fraction of sp³-hybridized carbons (Fsp3) is 0.333. The molecule has 0 saturated carbocycles. The van der Waals surface area contributed by atoms with Crippen LogP contribution >= 0.6 is 11.8 Å². The summed E-state index contributed by atoms with van der Waals surface area (Å²) in [6.07, 6.45) is 1.98. The maximum Gasteiger partial charge on any atom is 0.186 e. The Balaban J connectivity index is 2.93. The topological polar surface area (TPSA) is 40.5 Å². The predicted molar refractivity (Wildman–Crippen MR) is 50.0 cm³/mol. The summed E-state index contributed by atoms with van der Waals surface area (Å²) in [6, 6.07) is 7.16. The van der Waals surface area contributed by atoms with Crippen molar-refractivity contribution in [3.63, 3.8) is 0 Å². The second kappa shape index (κ2) is 3.47. The average Bonchev–Trinajstić information content (AvgIpc) is 2.03. The van der Waals surface area contributed by atoms with E-state index in [2.05, 4.69) is 0 Å². The lowest BCUT2D eigenvalue weighted by Gasteiger charge is -2.15. The van der Waals surface area contributed by atoms with Gasteiger partial charge < -0.3 is 10.2 Å². The summed E-state index contributed by atoms with van der Waals surface area (Å²) in [5, 5.41) is 18.4. The summed E-state index contributed by atoms with van der Waals surface area (Å²) in [6.45, 7) is 1.35. The van der Waals surface area contributed by atoms with Gasteiger partial charge in [0, 0.05) is 10.5 Å². The molecule has 0 unspecified atom stereocenters. The highest BCUT2D eigenvalue weighted by molar-refractivity contribution is 7.98. The Labute approximate surface area is 76.2 Å². The summed E-state index contributed by atoms with van der Waals surface area (Å²) in [7, 11) is 0. The third kappa shape index (κ3) is 2.24. The Kier molecular flexibility index (Phi) is 2.77. The maximum atomic E-state index is 9.20. The number of thioether (sulfide) groups is 1. The van der Waals surface area contributed by atoms with Gasteiger partial charge in [-0.25, -0.2) is 0 Å². The van der Waals surface area contributed by atoms with Gasteiger partial charge in [-0.15, -0.1) is 11.8 Å². The van der Waals surface area contributed by atoms with Gasteiger partial charge in [-0.3, -0.25) is 0 Å². The van der Waals surface area contributed by atoms with Gasteiger partial charge in [-0.05, 0) is 25.3 Å². The van der Waals surface area contributed by atoms with Gasteiger partial charge >= 0.3 is 0 Å². The molecule has 2 N–H and O–H groups in total. The first-order valence-corrected chi connectivity index (χ1v) is 4.86. The van der Waals surface area contributed by atoms with Crippen molar-refractivity contribution in [2.45, 2.75) is 17.6 Å². The van der Waals surface area contributed by atoms with Crippen LogP contribution in [0.15, 0.2) is 29.2 Å². The van der Waals surface area contributed by atoms with Gasteiger partial charge in [0.15, 0.2) is 5.79 Å². The zero-order valence-electron chi connectivity index (χ0n) is 7.11. The molecule has 0 spiro atoms. The zero-order valence-corrected chi connectivity index (χ0v) is 7.93. The molecule has 1 aromatic carbocycles. The van der Waals surface area contributed by atoms with Gasteiger partial charge in [0.1, 0.15) is 0 Å². The molecule has 0 saturated heterocycles. The first kappa shape index (κ1) is 9.58. The molecule has 0 heterocycles. The molecule has 0 radical (unpaired) electrons. The van der Waals surface area contributed by atoms with E-state index < -0.39 is 5.79 Å². The van der Waals surface area contributed by atoms with Gasteiger partial charge in [0.2, 0.25) is 0 Å². The molecule has 1 aromatic rings. The van der Waals surface area contributed by atoms with Crippen molar-refractivity contribution in [1.29, 1.82) is 0 Å². The lowest BCUT2D eigenvalue weighted by atomic mass is 10.1. The molecule has 1 rings (SSSR count).